The van der Waals surface area contributed by atoms with Crippen LogP contribution in [0.25, 0.3) is 21.9 Å². The zero-order valence-corrected chi connectivity index (χ0v) is 16.6. The summed E-state index contributed by atoms with van der Waals surface area (Å²) >= 11 is 0. The molecule has 1 saturated heterocycles. The van der Waals surface area contributed by atoms with E-state index >= 15 is 0 Å². The van der Waals surface area contributed by atoms with Crippen molar-refractivity contribution >= 4 is 16.7 Å². The van der Waals surface area contributed by atoms with E-state index in [1.807, 2.05) is 12.4 Å². The van der Waals surface area contributed by atoms with Gasteiger partial charge in [-0.15, -0.1) is 0 Å². The van der Waals surface area contributed by atoms with Crippen molar-refractivity contribution in [3.63, 3.8) is 0 Å². The van der Waals surface area contributed by atoms with Crippen molar-refractivity contribution in [2.45, 2.75) is 45.1 Å². The molecule has 0 spiro atoms. The average molecular weight is 373 g/mol. The summed E-state index contributed by atoms with van der Waals surface area (Å²) in [7, 11) is 0. The van der Waals surface area contributed by atoms with Crippen LogP contribution < -0.4 is 0 Å². The van der Waals surface area contributed by atoms with Gasteiger partial charge in [0.05, 0.1) is 0 Å². The first-order valence-electron chi connectivity index (χ1n) is 10.7. The summed E-state index contributed by atoms with van der Waals surface area (Å²) in [5.74, 6) is 0.492. The second-order valence-electron chi connectivity index (χ2n) is 8.60. The molecule has 1 unspecified atom stereocenters. The van der Waals surface area contributed by atoms with Crippen molar-refractivity contribution in [3.05, 3.63) is 60.4 Å². The minimum atomic E-state index is 0.245. The van der Waals surface area contributed by atoms with E-state index in [1.165, 1.54) is 36.1 Å². The van der Waals surface area contributed by atoms with E-state index in [-0.39, 0.29) is 11.8 Å². The summed E-state index contributed by atoms with van der Waals surface area (Å²) in [6.07, 6.45) is 9.86. The van der Waals surface area contributed by atoms with Crippen LogP contribution in [0.4, 0.5) is 0 Å². The minimum absolute atomic E-state index is 0.245. The highest BCUT2D eigenvalue weighted by Gasteiger charge is 2.30. The van der Waals surface area contributed by atoms with Crippen molar-refractivity contribution in [2.75, 3.05) is 13.1 Å². The van der Waals surface area contributed by atoms with Crippen LogP contribution in [0.5, 0.6) is 0 Å². The number of hydrogen-bond acceptors (Lipinski definition) is 2. The summed E-state index contributed by atoms with van der Waals surface area (Å²) in [5, 5.41) is 2.27. The molecule has 144 valence electrons. The van der Waals surface area contributed by atoms with Crippen LogP contribution >= 0.6 is 0 Å². The minimum Gasteiger partial charge on any atom is -0.300 e. The molecule has 3 nitrogen and oxygen atoms in total. The molecule has 1 atom stereocenters. The third kappa shape index (κ3) is 3.51. The van der Waals surface area contributed by atoms with E-state index in [0.29, 0.717) is 0 Å². The monoisotopic (exact) mass is 372 g/mol. The summed E-state index contributed by atoms with van der Waals surface area (Å²) in [5.41, 5.74) is 3.86. The van der Waals surface area contributed by atoms with E-state index in [9.17, 15) is 4.79 Å². The molecule has 0 amide bonds. The molecular weight excluding hydrogens is 344 g/mol. The van der Waals surface area contributed by atoms with E-state index in [2.05, 4.69) is 54.3 Å². The normalized spacial score (nSPS) is 20.1. The van der Waals surface area contributed by atoms with Gasteiger partial charge in [0.15, 0.2) is 0 Å². The molecule has 5 rings (SSSR count). The van der Waals surface area contributed by atoms with Crippen molar-refractivity contribution in [1.29, 1.82) is 0 Å². The van der Waals surface area contributed by atoms with Crippen LogP contribution in [0.2, 0.25) is 0 Å². The van der Waals surface area contributed by atoms with Gasteiger partial charge in [0.25, 0.3) is 0 Å². The van der Waals surface area contributed by atoms with Crippen LogP contribution in [0.15, 0.2) is 54.9 Å². The van der Waals surface area contributed by atoms with Crippen LogP contribution in [0.3, 0.4) is 0 Å². The first kappa shape index (κ1) is 17.7. The Bertz CT molecular complexity index is 997. The van der Waals surface area contributed by atoms with Gasteiger partial charge in [-0.25, -0.2) is 0 Å². The van der Waals surface area contributed by atoms with E-state index in [0.717, 1.165) is 42.6 Å². The zero-order valence-electron chi connectivity index (χ0n) is 16.6. The fourth-order valence-electron chi connectivity index (χ4n) is 4.45. The molecule has 0 radical (unpaired) electrons. The highest BCUT2D eigenvalue weighted by molar-refractivity contribution is 5.93. The number of carbonyl (C=O) groups is 1. The predicted octanol–water partition coefficient (Wildman–Crippen LogP) is 5.39. The van der Waals surface area contributed by atoms with Gasteiger partial charge in [-0.3, -0.25) is 9.36 Å². The van der Waals surface area contributed by atoms with Gasteiger partial charge in [0, 0.05) is 36.3 Å². The average Bonchev–Trinajstić information content (AvgIpc) is 3.35. The maximum absolute atomic E-state index is 12.3. The summed E-state index contributed by atoms with van der Waals surface area (Å²) in [6, 6.07) is 16.2. The Morgan fingerprint density at radius 2 is 1.71 bits per heavy atom. The molecule has 3 heteroatoms. The van der Waals surface area contributed by atoms with E-state index in [1.54, 1.807) is 4.57 Å². The first-order valence-corrected chi connectivity index (χ1v) is 10.7. The van der Waals surface area contributed by atoms with Gasteiger partial charge < -0.3 is 4.90 Å². The van der Waals surface area contributed by atoms with Crippen LogP contribution in [-0.2, 0) is 6.42 Å². The van der Waals surface area contributed by atoms with Crippen molar-refractivity contribution < 1.29 is 4.79 Å². The second kappa shape index (κ2) is 7.21. The SMILES string of the molecule is CC1CCCN1CCc1ccc(-c2ccc3cn(C(=O)C4CC4)cc3c2)cc1. The van der Waals surface area contributed by atoms with Crippen LogP contribution in [0.1, 0.15) is 43.0 Å². The Labute approximate surface area is 167 Å². The largest absolute Gasteiger partial charge is 0.300 e. The lowest BCUT2D eigenvalue weighted by Crippen LogP contribution is -2.28. The molecule has 1 saturated carbocycles. The number of likely N-dealkylation sites (tertiary alicyclic amines) is 1. The van der Waals surface area contributed by atoms with Crippen LogP contribution in [-0.4, -0.2) is 34.5 Å². The molecule has 2 aromatic carbocycles. The third-order valence-electron chi connectivity index (χ3n) is 6.49. The number of benzene rings is 2. The Balaban J connectivity index is 1.31. The van der Waals surface area contributed by atoms with Gasteiger partial charge in [-0.1, -0.05) is 36.4 Å². The molecule has 0 bridgehead atoms. The van der Waals surface area contributed by atoms with Crippen molar-refractivity contribution in [2.24, 2.45) is 5.92 Å². The Kier molecular flexibility index (Phi) is 4.56. The van der Waals surface area contributed by atoms with E-state index in [4.69, 9.17) is 0 Å². The summed E-state index contributed by atoms with van der Waals surface area (Å²) in [6.45, 7) is 4.76. The number of aromatic nitrogens is 1. The number of fused-ring (bicyclic) bond motifs is 1. The number of rotatable bonds is 5. The van der Waals surface area contributed by atoms with E-state index < -0.39 is 0 Å². The zero-order chi connectivity index (χ0) is 19.1. The topological polar surface area (TPSA) is 25.2 Å². The fraction of sp³-hybridized carbons (Fsp3) is 0.400. The number of hydrogen-bond donors (Lipinski definition) is 0. The molecule has 2 heterocycles. The number of carbonyl (C=O) groups excluding carboxylic acids is 1. The van der Waals surface area contributed by atoms with Gasteiger partial charge in [-0.2, -0.15) is 0 Å². The van der Waals surface area contributed by atoms with Crippen molar-refractivity contribution in [3.8, 4) is 11.1 Å². The molecule has 1 aliphatic carbocycles. The van der Waals surface area contributed by atoms with Crippen LogP contribution in [0, 0.1) is 5.92 Å². The van der Waals surface area contributed by atoms with Gasteiger partial charge in [0.1, 0.15) is 0 Å². The summed E-state index contributed by atoms with van der Waals surface area (Å²) in [4.78, 5) is 14.9. The Morgan fingerprint density at radius 1 is 0.964 bits per heavy atom. The molecule has 2 aliphatic rings. The molecule has 1 aliphatic heterocycles. The molecule has 28 heavy (non-hydrogen) atoms. The molecular formula is C25H28N2O. The highest BCUT2D eigenvalue weighted by Crippen LogP contribution is 2.32. The molecule has 1 aromatic heterocycles. The standard InChI is InChI=1S/C25H28N2O/c1-18-3-2-13-26(18)14-12-19-4-6-20(7-5-19)22-10-11-23-16-27(17-24(23)15-22)25(28)21-8-9-21/h4-7,10-11,15-18,21H,2-3,8-9,12-14H2,1H3. The fourth-order valence-corrected chi connectivity index (χ4v) is 4.45. The molecule has 2 fully saturated rings. The highest BCUT2D eigenvalue weighted by atomic mass is 16.2. The lowest BCUT2D eigenvalue weighted by Gasteiger charge is -2.20. The maximum atomic E-state index is 12.3. The first-order chi connectivity index (χ1) is 13.7. The van der Waals surface area contributed by atoms with Crippen molar-refractivity contribution in [1.82, 2.24) is 9.47 Å². The van der Waals surface area contributed by atoms with Gasteiger partial charge in [0.2, 0.25) is 5.91 Å². The Hall–Kier alpha value is -2.39. The van der Waals surface area contributed by atoms with Gasteiger partial charge in [-0.05, 0) is 73.7 Å². The summed E-state index contributed by atoms with van der Waals surface area (Å²) < 4.78 is 1.79. The molecule has 3 aromatic rings. The number of nitrogens with zero attached hydrogens (tertiary/aromatic N) is 2. The quantitative estimate of drug-likeness (QED) is 0.600. The third-order valence-corrected chi connectivity index (χ3v) is 6.49. The lowest BCUT2D eigenvalue weighted by molar-refractivity contribution is 0.0887. The Morgan fingerprint density at radius 3 is 2.43 bits per heavy atom. The van der Waals surface area contributed by atoms with Gasteiger partial charge >= 0.3 is 0 Å². The second-order valence-corrected chi connectivity index (χ2v) is 8.60. The lowest BCUT2D eigenvalue weighted by atomic mass is 10.0. The smallest absolute Gasteiger partial charge is 0.233 e. The maximum Gasteiger partial charge on any atom is 0.233 e. The predicted molar refractivity (Wildman–Crippen MR) is 115 cm³/mol. The molecule has 0 N–H and O–H groups in total.